The standard InChI is InChI=1S/C14H6ClF6N3/c15-12-22-5-8(13(16,17)18)11(23-12)24-6-9(14(19,20)21)7-3-1-2-4-10(7)24/h1-6H. The summed E-state index contributed by atoms with van der Waals surface area (Å²) in [6, 6.07) is 5.21. The van der Waals surface area contributed by atoms with Gasteiger partial charge in [-0.15, -0.1) is 0 Å². The van der Waals surface area contributed by atoms with Crippen LogP contribution in [-0.4, -0.2) is 14.5 Å². The summed E-state index contributed by atoms with van der Waals surface area (Å²) in [5, 5.41) is -0.753. The van der Waals surface area contributed by atoms with E-state index in [-0.39, 0.29) is 10.9 Å². The number of rotatable bonds is 1. The van der Waals surface area contributed by atoms with Crippen LogP contribution in [0.25, 0.3) is 16.7 Å². The first-order chi connectivity index (χ1) is 11.1. The average Bonchev–Trinajstić information content (AvgIpc) is 2.85. The highest BCUT2D eigenvalue weighted by atomic mass is 35.5. The third-order valence-corrected chi connectivity index (χ3v) is 3.47. The Morgan fingerprint density at radius 1 is 0.917 bits per heavy atom. The van der Waals surface area contributed by atoms with Gasteiger partial charge in [-0.25, -0.2) is 4.98 Å². The Morgan fingerprint density at radius 3 is 2.17 bits per heavy atom. The van der Waals surface area contributed by atoms with Crippen molar-refractivity contribution in [2.24, 2.45) is 0 Å². The van der Waals surface area contributed by atoms with E-state index in [0.717, 1.165) is 0 Å². The molecule has 126 valence electrons. The molecule has 0 spiro atoms. The molecule has 0 aliphatic carbocycles. The minimum absolute atomic E-state index is 0.0786. The molecule has 3 nitrogen and oxygen atoms in total. The number of nitrogens with zero attached hydrogens (tertiary/aromatic N) is 3. The molecule has 0 N–H and O–H groups in total. The van der Waals surface area contributed by atoms with Crippen LogP contribution in [0.5, 0.6) is 0 Å². The van der Waals surface area contributed by atoms with Crippen molar-refractivity contribution in [3.8, 4) is 5.82 Å². The first-order valence-corrected chi connectivity index (χ1v) is 6.74. The molecule has 1 aromatic carbocycles. The fourth-order valence-corrected chi connectivity index (χ4v) is 2.45. The molecule has 0 amide bonds. The van der Waals surface area contributed by atoms with Crippen LogP contribution in [-0.2, 0) is 12.4 Å². The van der Waals surface area contributed by atoms with Crippen molar-refractivity contribution in [2.75, 3.05) is 0 Å². The molecule has 0 fully saturated rings. The van der Waals surface area contributed by atoms with Crippen LogP contribution >= 0.6 is 11.6 Å². The van der Waals surface area contributed by atoms with Gasteiger partial charge in [0.2, 0.25) is 5.28 Å². The lowest BCUT2D eigenvalue weighted by Gasteiger charge is -2.13. The van der Waals surface area contributed by atoms with Crippen LogP contribution in [0.15, 0.2) is 36.7 Å². The summed E-state index contributed by atoms with van der Waals surface area (Å²) in [6.07, 6.45) is -8.59. The van der Waals surface area contributed by atoms with Gasteiger partial charge in [0, 0.05) is 17.8 Å². The number of para-hydroxylation sites is 1. The number of hydrogen-bond donors (Lipinski definition) is 0. The lowest BCUT2D eigenvalue weighted by molar-refractivity contribution is -0.138. The summed E-state index contributed by atoms with van der Waals surface area (Å²) in [6.45, 7) is 0. The van der Waals surface area contributed by atoms with Gasteiger partial charge in [0.25, 0.3) is 0 Å². The maximum absolute atomic E-state index is 13.2. The van der Waals surface area contributed by atoms with Crippen LogP contribution in [0.4, 0.5) is 26.3 Å². The summed E-state index contributed by atoms with van der Waals surface area (Å²) < 4.78 is 79.7. The molecule has 0 radical (unpaired) electrons. The number of fused-ring (bicyclic) bond motifs is 1. The average molecular weight is 366 g/mol. The van der Waals surface area contributed by atoms with Gasteiger partial charge in [0.15, 0.2) is 5.82 Å². The summed E-state index contributed by atoms with van der Waals surface area (Å²) >= 11 is 5.54. The second-order valence-electron chi connectivity index (χ2n) is 4.80. The van der Waals surface area contributed by atoms with E-state index in [1.54, 1.807) is 0 Å². The zero-order chi connectivity index (χ0) is 17.7. The van der Waals surface area contributed by atoms with Gasteiger partial charge >= 0.3 is 12.4 Å². The minimum Gasteiger partial charge on any atom is -0.300 e. The number of aromatic nitrogens is 3. The topological polar surface area (TPSA) is 30.7 Å². The van der Waals surface area contributed by atoms with Crippen molar-refractivity contribution in [2.45, 2.75) is 12.4 Å². The van der Waals surface area contributed by atoms with Crippen LogP contribution in [0, 0.1) is 0 Å². The van der Waals surface area contributed by atoms with Gasteiger partial charge in [0.05, 0.1) is 11.1 Å². The van der Waals surface area contributed by atoms with Crippen molar-refractivity contribution < 1.29 is 26.3 Å². The van der Waals surface area contributed by atoms with E-state index in [1.807, 2.05) is 0 Å². The molecule has 2 aromatic heterocycles. The fraction of sp³-hybridized carbons (Fsp3) is 0.143. The Labute approximate surface area is 135 Å². The monoisotopic (exact) mass is 365 g/mol. The molecular formula is C14H6ClF6N3. The molecular weight excluding hydrogens is 360 g/mol. The van der Waals surface area contributed by atoms with E-state index in [0.29, 0.717) is 17.0 Å². The summed E-state index contributed by atoms with van der Waals surface area (Å²) in [5.74, 6) is -0.769. The second-order valence-corrected chi connectivity index (χ2v) is 5.14. The van der Waals surface area contributed by atoms with E-state index in [1.165, 1.54) is 24.3 Å². The molecule has 0 unspecified atom stereocenters. The smallest absolute Gasteiger partial charge is 0.300 e. The fourth-order valence-electron chi connectivity index (χ4n) is 2.32. The third kappa shape index (κ3) is 2.79. The van der Waals surface area contributed by atoms with Gasteiger partial charge < -0.3 is 0 Å². The molecule has 24 heavy (non-hydrogen) atoms. The van der Waals surface area contributed by atoms with Crippen LogP contribution in [0.3, 0.4) is 0 Å². The predicted octanol–water partition coefficient (Wildman–Crippen LogP) is 5.11. The van der Waals surface area contributed by atoms with E-state index < -0.39 is 34.6 Å². The Kier molecular flexibility index (Phi) is 3.71. The molecule has 0 atom stereocenters. The van der Waals surface area contributed by atoms with E-state index in [2.05, 4.69) is 9.97 Å². The van der Waals surface area contributed by atoms with Crippen molar-refractivity contribution >= 4 is 22.5 Å². The number of halogens is 7. The number of alkyl halides is 6. The quantitative estimate of drug-likeness (QED) is 0.443. The molecule has 0 bridgehead atoms. The molecule has 0 aliphatic rings. The largest absolute Gasteiger partial charge is 0.421 e. The Bertz CT molecular complexity index is 913. The van der Waals surface area contributed by atoms with Crippen molar-refractivity contribution in [3.05, 3.63) is 53.1 Å². The molecule has 2 heterocycles. The van der Waals surface area contributed by atoms with Crippen LogP contribution in [0.1, 0.15) is 11.1 Å². The first-order valence-electron chi connectivity index (χ1n) is 6.36. The van der Waals surface area contributed by atoms with Gasteiger partial charge in [0.1, 0.15) is 5.56 Å². The van der Waals surface area contributed by atoms with E-state index in [9.17, 15) is 26.3 Å². The zero-order valence-corrected chi connectivity index (χ0v) is 12.2. The van der Waals surface area contributed by atoms with Gasteiger partial charge in [-0.3, -0.25) is 4.57 Å². The molecule has 3 rings (SSSR count). The zero-order valence-electron chi connectivity index (χ0n) is 11.5. The highest BCUT2D eigenvalue weighted by Gasteiger charge is 2.38. The van der Waals surface area contributed by atoms with E-state index >= 15 is 0 Å². The summed E-state index contributed by atoms with van der Waals surface area (Å²) in [4.78, 5) is 6.75. The Hall–Kier alpha value is -2.29. The lowest BCUT2D eigenvalue weighted by Crippen LogP contribution is -2.13. The highest BCUT2D eigenvalue weighted by molar-refractivity contribution is 6.28. The Morgan fingerprint density at radius 2 is 1.54 bits per heavy atom. The molecule has 0 saturated carbocycles. The molecule has 3 aromatic rings. The lowest BCUT2D eigenvalue weighted by atomic mass is 10.2. The highest BCUT2D eigenvalue weighted by Crippen LogP contribution is 2.39. The molecule has 10 heteroatoms. The third-order valence-electron chi connectivity index (χ3n) is 3.29. The summed E-state index contributed by atoms with van der Waals surface area (Å²) in [5.41, 5.74) is -2.44. The minimum atomic E-state index is -4.86. The maximum Gasteiger partial charge on any atom is 0.421 e. The van der Waals surface area contributed by atoms with Gasteiger partial charge in [-0.1, -0.05) is 18.2 Å². The number of benzene rings is 1. The normalized spacial score (nSPS) is 12.8. The maximum atomic E-state index is 13.2. The summed E-state index contributed by atoms with van der Waals surface area (Å²) in [7, 11) is 0. The van der Waals surface area contributed by atoms with Crippen molar-refractivity contribution in [1.29, 1.82) is 0 Å². The van der Waals surface area contributed by atoms with Gasteiger partial charge in [-0.2, -0.15) is 31.3 Å². The first kappa shape index (κ1) is 16.6. The van der Waals surface area contributed by atoms with Crippen LogP contribution < -0.4 is 0 Å². The second kappa shape index (κ2) is 5.37. The predicted molar refractivity (Wildman–Crippen MR) is 73.9 cm³/mol. The van der Waals surface area contributed by atoms with Crippen molar-refractivity contribution in [1.82, 2.24) is 14.5 Å². The van der Waals surface area contributed by atoms with Gasteiger partial charge in [-0.05, 0) is 17.7 Å². The molecule has 0 aliphatic heterocycles. The number of hydrogen-bond acceptors (Lipinski definition) is 2. The van der Waals surface area contributed by atoms with E-state index in [4.69, 9.17) is 11.6 Å². The molecule has 0 saturated heterocycles. The SMILES string of the molecule is FC(F)(F)c1cnc(Cl)nc1-n1cc(C(F)(F)F)c2ccccc21. The van der Waals surface area contributed by atoms with Crippen molar-refractivity contribution in [3.63, 3.8) is 0 Å². The Balaban J connectivity index is 2.38. The van der Waals surface area contributed by atoms with Crippen LogP contribution in [0.2, 0.25) is 5.28 Å².